The first-order valence-corrected chi connectivity index (χ1v) is 20.9. The molecule has 3 aromatic rings. The minimum absolute atomic E-state index is 0.278. The number of hydrogen-bond donors (Lipinski definition) is 2. The first-order valence-electron chi connectivity index (χ1n) is 19.4. The van der Waals surface area contributed by atoms with Crippen molar-refractivity contribution in [1.29, 1.82) is 0 Å². The molecule has 4 nitrogen and oxygen atoms in total. The van der Waals surface area contributed by atoms with Crippen LogP contribution in [0.1, 0.15) is 171 Å². The lowest BCUT2D eigenvalue weighted by Crippen LogP contribution is -2.33. The van der Waals surface area contributed by atoms with Gasteiger partial charge in [-0.1, -0.05) is 190 Å². The highest BCUT2D eigenvalue weighted by atomic mass is 31.2. The van der Waals surface area contributed by atoms with E-state index >= 15 is 0 Å². The van der Waals surface area contributed by atoms with Crippen LogP contribution in [-0.2, 0) is 22.8 Å². The Morgan fingerprint density at radius 2 is 0.875 bits per heavy atom. The first-order chi connectivity index (χ1) is 23.4. The summed E-state index contributed by atoms with van der Waals surface area (Å²) in [7, 11) is -4.80. The minimum atomic E-state index is -4.80. The summed E-state index contributed by atoms with van der Waals surface area (Å²) >= 11 is 0. The van der Waals surface area contributed by atoms with Crippen LogP contribution in [0.15, 0.2) is 72.8 Å². The quantitative estimate of drug-likeness (QED) is 0.0504. The SMILES string of the molecule is CCCCCCCCc1ccccc1C(CCCCCCCC)(c1ccccc1CCCCCCCC)c1ccccc1OP(=O)(O)O. The summed E-state index contributed by atoms with van der Waals surface area (Å²) in [4.78, 5) is 20.2. The first kappa shape index (κ1) is 40.0. The van der Waals surface area contributed by atoms with Gasteiger partial charge < -0.3 is 4.52 Å². The molecule has 0 saturated heterocycles. The Morgan fingerprint density at radius 3 is 1.33 bits per heavy atom. The third kappa shape index (κ3) is 12.8. The number of phosphoric ester groups is 1. The van der Waals surface area contributed by atoms with Gasteiger partial charge in [-0.05, 0) is 60.4 Å². The van der Waals surface area contributed by atoms with Crippen LogP contribution in [0.2, 0.25) is 0 Å². The van der Waals surface area contributed by atoms with Crippen LogP contribution in [-0.4, -0.2) is 9.79 Å². The average Bonchev–Trinajstić information content (AvgIpc) is 3.08. The molecule has 0 saturated carbocycles. The van der Waals surface area contributed by atoms with Gasteiger partial charge >= 0.3 is 7.82 Å². The molecule has 0 bridgehead atoms. The van der Waals surface area contributed by atoms with Crippen LogP contribution in [0, 0.1) is 0 Å². The molecule has 0 amide bonds. The molecule has 0 aromatic heterocycles. The van der Waals surface area contributed by atoms with Gasteiger partial charge in [0.25, 0.3) is 0 Å². The lowest BCUT2D eigenvalue weighted by atomic mass is 9.63. The molecule has 0 spiro atoms. The highest BCUT2D eigenvalue weighted by Gasteiger charge is 2.41. The summed E-state index contributed by atoms with van der Waals surface area (Å²) in [6, 6.07) is 25.4. The molecule has 0 aliphatic carbocycles. The third-order valence-electron chi connectivity index (χ3n) is 10.0. The molecular weight excluding hydrogens is 611 g/mol. The average molecular weight is 677 g/mol. The molecule has 0 aliphatic rings. The van der Waals surface area contributed by atoms with Gasteiger partial charge in [-0.25, -0.2) is 4.57 Å². The summed E-state index contributed by atoms with van der Waals surface area (Å²) in [6.45, 7) is 6.78. The smallest absolute Gasteiger partial charge is 0.404 e. The van der Waals surface area contributed by atoms with Crippen molar-refractivity contribution in [3.63, 3.8) is 0 Å². The van der Waals surface area contributed by atoms with Crippen LogP contribution >= 0.6 is 7.82 Å². The van der Waals surface area contributed by atoms with Gasteiger partial charge in [0.2, 0.25) is 0 Å². The number of hydrogen-bond acceptors (Lipinski definition) is 2. The normalized spacial score (nSPS) is 12.0. The fourth-order valence-corrected chi connectivity index (χ4v) is 7.95. The Bertz CT molecular complexity index is 1290. The van der Waals surface area contributed by atoms with Gasteiger partial charge in [-0.2, -0.15) is 0 Å². The lowest BCUT2D eigenvalue weighted by molar-refractivity contribution is 0.280. The molecule has 3 aromatic carbocycles. The van der Waals surface area contributed by atoms with E-state index in [1.54, 1.807) is 6.07 Å². The van der Waals surface area contributed by atoms with Crippen molar-refractivity contribution in [2.24, 2.45) is 0 Å². The number of phosphoric acid groups is 1. The third-order valence-corrected chi connectivity index (χ3v) is 10.5. The van der Waals surface area contributed by atoms with Gasteiger partial charge in [0, 0.05) is 11.0 Å². The summed E-state index contributed by atoms with van der Waals surface area (Å²) in [5, 5.41) is 0. The number of para-hydroxylation sites is 1. The molecule has 0 unspecified atom stereocenters. The highest BCUT2D eigenvalue weighted by molar-refractivity contribution is 7.46. The minimum Gasteiger partial charge on any atom is -0.404 e. The monoisotopic (exact) mass is 676 g/mol. The van der Waals surface area contributed by atoms with Gasteiger partial charge in [0.15, 0.2) is 0 Å². The fourth-order valence-electron chi connectivity index (χ4n) is 7.54. The molecule has 0 fully saturated rings. The number of unbranched alkanes of at least 4 members (excludes halogenated alkanes) is 15. The maximum absolute atomic E-state index is 12.4. The Kier molecular flexibility index (Phi) is 18.6. The van der Waals surface area contributed by atoms with E-state index in [0.717, 1.165) is 50.5 Å². The lowest BCUT2D eigenvalue weighted by Gasteiger charge is -2.40. The molecule has 5 heteroatoms. The predicted octanol–water partition coefficient (Wildman–Crippen LogP) is 13.0. The second-order valence-corrected chi connectivity index (χ2v) is 15.0. The van der Waals surface area contributed by atoms with E-state index in [9.17, 15) is 14.4 Å². The molecule has 266 valence electrons. The largest absolute Gasteiger partial charge is 0.524 e. The molecular formula is C43H65O4P. The molecule has 0 aliphatic heterocycles. The van der Waals surface area contributed by atoms with Crippen molar-refractivity contribution in [2.45, 2.75) is 161 Å². The van der Waals surface area contributed by atoms with Crippen LogP contribution < -0.4 is 4.52 Å². The van der Waals surface area contributed by atoms with E-state index in [-0.39, 0.29) is 5.75 Å². The van der Waals surface area contributed by atoms with E-state index in [4.69, 9.17) is 4.52 Å². The summed E-state index contributed by atoms with van der Waals surface area (Å²) in [6.07, 6.45) is 24.8. The number of benzene rings is 3. The highest BCUT2D eigenvalue weighted by Crippen LogP contribution is 2.52. The maximum Gasteiger partial charge on any atom is 0.524 e. The summed E-state index contributed by atoms with van der Waals surface area (Å²) in [5.41, 5.74) is 5.41. The Labute approximate surface area is 293 Å². The van der Waals surface area contributed by atoms with Crippen molar-refractivity contribution >= 4 is 7.82 Å². The second-order valence-electron chi connectivity index (χ2n) is 13.9. The Balaban J connectivity index is 2.19. The van der Waals surface area contributed by atoms with Crippen LogP contribution in [0.3, 0.4) is 0 Å². The van der Waals surface area contributed by atoms with E-state index < -0.39 is 13.2 Å². The molecule has 0 atom stereocenters. The summed E-state index contributed by atoms with van der Waals surface area (Å²) < 4.78 is 18.0. The summed E-state index contributed by atoms with van der Waals surface area (Å²) in [5.74, 6) is 0.278. The molecule has 0 radical (unpaired) electrons. The van der Waals surface area contributed by atoms with Crippen LogP contribution in [0.4, 0.5) is 0 Å². The van der Waals surface area contributed by atoms with Gasteiger partial charge in [-0.3, -0.25) is 9.79 Å². The Morgan fingerprint density at radius 1 is 0.500 bits per heavy atom. The molecule has 3 rings (SSSR count). The fraction of sp³-hybridized carbons (Fsp3) is 0.581. The van der Waals surface area contributed by atoms with Gasteiger partial charge in [-0.15, -0.1) is 0 Å². The van der Waals surface area contributed by atoms with Crippen LogP contribution in [0.5, 0.6) is 5.75 Å². The maximum atomic E-state index is 12.4. The van der Waals surface area contributed by atoms with E-state index in [1.165, 1.54) is 112 Å². The van der Waals surface area contributed by atoms with Crippen molar-refractivity contribution in [1.82, 2.24) is 0 Å². The second kappa shape index (κ2) is 22.4. The van der Waals surface area contributed by atoms with Crippen molar-refractivity contribution < 1.29 is 18.9 Å². The van der Waals surface area contributed by atoms with Crippen molar-refractivity contribution in [3.05, 3.63) is 101 Å². The Hall–Kier alpha value is -2.39. The number of aryl methyl sites for hydroxylation is 2. The molecule has 0 heterocycles. The molecule has 48 heavy (non-hydrogen) atoms. The number of rotatable bonds is 26. The topological polar surface area (TPSA) is 66.8 Å². The van der Waals surface area contributed by atoms with Crippen molar-refractivity contribution in [3.8, 4) is 5.75 Å². The zero-order chi connectivity index (χ0) is 34.5. The van der Waals surface area contributed by atoms with E-state index in [1.807, 2.05) is 12.1 Å². The van der Waals surface area contributed by atoms with Crippen molar-refractivity contribution in [2.75, 3.05) is 0 Å². The zero-order valence-electron chi connectivity index (χ0n) is 30.4. The molecule has 2 N–H and O–H groups in total. The zero-order valence-corrected chi connectivity index (χ0v) is 31.3. The van der Waals surface area contributed by atoms with Gasteiger partial charge in [0.1, 0.15) is 5.75 Å². The van der Waals surface area contributed by atoms with E-state index in [2.05, 4.69) is 75.4 Å². The predicted molar refractivity (Wildman–Crippen MR) is 204 cm³/mol. The van der Waals surface area contributed by atoms with Crippen LogP contribution in [0.25, 0.3) is 0 Å². The standard InChI is InChI=1S/C43H65O4P/c1-4-7-10-13-16-19-28-37-30-21-23-32-39(37)43(36-27-18-15-12-9-6-3,41-34-25-26-35-42(41)47-48(44,45)46)40-33-24-22-31-38(40)29-20-17-14-11-8-5-2/h21-26,30-35H,4-20,27-29,36H2,1-3H3,(H2,44,45,46). The van der Waals surface area contributed by atoms with Gasteiger partial charge in [0.05, 0.1) is 0 Å². The van der Waals surface area contributed by atoms with E-state index in [0.29, 0.717) is 0 Å².